The third kappa shape index (κ3) is 4.07. The Morgan fingerprint density at radius 1 is 1.17 bits per heavy atom. The number of carbonyl (C=O) groups excluding carboxylic acids is 2. The van der Waals surface area contributed by atoms with Gasteiger partial charge in [-0.15, -0.1) is 0 Å². The minimum atomic E-state index is -0.601. The number of amides is 2. The summed E-state index contributed by atoms with van der Waals surface area (Å²) in [7, 11) is 0. The highest BCUT2D eigenvalue weighted by Gasteiger charge is 2.33. The molecule has 0 spiro atoms. The molecule has 0 aromatic heterocycles. The number of nitrogens with one attached hydrogen (secondary N) is 2. The van der Waals surface area contributed by atoms with Crippen LogP contribution in [0.2, 0.25) is 0 Å². The molecule has 2 N–H and O–H groups in total. The van der Waals surface area contributed by atoms with E-state index in [1.54, 1.807) is 6.92 Å². The first-order valence-electron chi connectivity index (χ1n) is 8.25. The molecule has 0 saturated carbocycles. The molecule has 1 aromatic rings. The van der Waals surface area contributed by atoms with Crippen LogP contribution in [0.15, 0.2) is 35.5 Å². The second-order valence-electron chi connectivity index (χ2n) is 5.59. The van der Waals surface area contributed by atoms with Gasteiger partial charge in [0.1, 0.15) is 5.75 Å². The number of ether oxygens (including phenoxy) is 2. The van der Waals surface area contributed by atoms with Crippen molar-refractivity contribution in [1.29, 1.82) is 0 Å². The van der Waals surface area contributed by atoms with Crippen LogP contribution < -0.4 is 15.4 Å². The lowest BCUT2D eigenvalue weighted by atomic mass is 9.95. The minimum Gasteiger partial charge on any atom is -0.493 e. The van der Waals surface area contributed by atoms with Crippen molar-refractivity contribution in [3.63, 3.8) is 0 Å². The summed E-state index contributed by atoms with van der Waals surface area (Å²) in [5, 5.41) is 5.44. The maximum atomic E-state index is 12.5. The Hall–Kier alpha value is -2.50. The maximum Gasteiger partial charge on any atom is 0.338 e. The highest BCUT2D eigenvalue weighted by molar-refractivity contribution is 5.95. The Labute approximate surface area is 142 Å². The number of carbonyl (C=O) groups is 2. The van der Waals surface area contributed by atoms with Crippen LogP contribution in [0.4, 0.5) is 4.79 Å². The van der Waals surface area contributed by atoms with E-state index < -0.39 is 12.0 Å². The van der Waals surface area contributed by atoms with Gasteiger partial charge in [-0.1, -0.05) is 32.0 Å². The summed E-state index contributed by atoms with van der Waals surface area (Å²) in [5.74, 6) is 0.220. The second-order valence-corrected chi connectivity index (χ2v) is 5.59. The molecule has 0 fully saturated rings. The molecule has 0 aliphatic carbocycles. The van der Waals surface area contributed by atoms with Crippen LogP contribution >= 0.6 is 0 Å². The van der Waals surface area contributed by atoms with E-state index in [-0.39, 0.29) is 6.03 Å². The lowest BCUT2D eigenvalue weighted by Crippen LogP contribution is -2.45. The second kappa shape index (κ2) is 8.38. The maximum absolute atomic E-state index is 12.5. The summed E-state index contributed by atoms with van der Waals surface area (Å²) < 4.78 is 11.1. The van der Waals surface area contributed by atoms with Crippen molar-refractivity contribution in [1.82, 2.24) is 10.6 Å². The fourth-order valence-corrected chi connectivity index (χ4v) is 2.53. The monoisotopic (exact) mass is 332 g/mol. The van der Waals surface area contributed by atoms with Crippen molar-refractivity contribution in [3.05, 3.63) is 41.1 Å². The molecule has 2 amide bonds. The van der Waals surface area contributed by atoms with E-state index in [9.17, 15) is 9.59 Å². The molecule has 0 saturated heterocycles. The third-order valence-electron chi connectivity index (χ3n) is 3.62. The number of allylic oxidation sites excluding steroid dienone is 1. The molecular formula is C18H24N2O4. The van der Waals surface area contributed by atoms with E-state index >= 15 is 0 Å². The molecule has 1 aliphatic rings. The van der Waals surface area contributed by atoms with Crippen molar-refractivity contribution in [2.45, 2.75) is 39.7 Å². The van der Waals surface area contributed by atoms with Crippen molar-refractivity contribution in [3.8, 4) is 5.75 Å². The Bertz CT molecular complexity index is 640. The van der Waals surface area contributed by atoms with Gasteiger partial charge in [0.15, 0.2) is 0 Å². The van der Waals surface area contributed by atoms with Gasteiger partial charge in [0, 0.05) is 11.3 Å². The molecule has 1 unspecified atom stereocenters. The van der Waals surface area contributed by atoms with Crippen LogP contribution in [-0.4, -0.2) is 25.2 Å². The van der Waals surface area contributed by atoms with Crippen LogP contribution in [-0.2, 0) is 9.53 Å². The molecule has 24 heavy (non-hydrogen) atoms. The SMILES string of the molecule is CCCOC(=O)C1=C(C)NC(=O)NC1c1ccccc1OCCC. The first-order chi connectivity index (χ1) is 11.6. The zero-order chi connectivity index (χ0) is 17.5. The summed E-state index contributed by atoms with van der Waals surface area (Å²) in [6.45, 7) is 6.55. The number of esters is 1. The van der Waals surface area contributed by atoms with Crippen LogP contribution in [0.1, 0.15) is 45.2 Å². The average molecular weight is 332 g/mol. The minimum absolute atomic E-state index is 0.338. The first-order valence-corrected chi connectivity index (χ1v) is 8.25. The molecule has 1 aliphatic heterocycles. The van der Waals surface area contributed by atoms with E-state index in [0.29, 0.717) is 30.2 Å². The van der Waals surface area contributed by atoms with Gasteiger partial charge in [0.05, 0.1) is 24.8 Å². The molecule has 6 heteroatoms. The quantitative estimate of drug-likeness (QED) is 0.752. The molecule has 6 nitrogen and oxygen atoms in total. The van der Waals surface area contributed by atoms with Gasteiger partial charge in [0.25, 0.3) is 0 Å². The topological polar surface area (TPSA) is 76.7 Å². The van der Waals surface area contributed by atoms with E-state index in [0.717, 1.165) is 18.4 Å². The van der Waals surface area contributed by atoms with Gasteiger partial charge in [-0.2, -0.15) is 0 Å². The Balaban J connectivity index is 2.40. The Kier molecular flexibility index (Phi) is 6.23. The first kappa shape index (κ1) is 17.8. The average Bonchev–Trinajstić information content (AvgIpc) is 2.57. The highest BCUT2D eigenvalue weighted by atomic mass is 16.5. The largest absolute Gasteiger partial charge is 0.493 e. The van der Waals surface area contributed by atoms with Gasteiger partial charge in [0.2, 0.25) is 0 Å². The summed E-state index contributed by atoms with van der Waals surface area (Å²) in [6, 6.07) is 6.45. The molecule has 0 bridgehead atoms. The molecule has 1 heterocycles. The highest BCUT2D eigenvalue weighted by Crippen LogP contribution is 2.33. The van der Waals surface area contributed by atoms with E-state index in [1.807, 2.05) is 38.1 Å². The van der Waals surface area contributed by atoms with Gasteiger partial charge < -0.3 is 20.1 Å². The zero-order valence-electron chi connectivity index (χ0n) is 14.3. The number of benzene rings is 1. The Morgan fingerprint density at radius 2 is 1.88 bits per heavy atom. The number of rotatable bonds is 7. The van der Waals surface area contributed by atoms with Crippen molar-refractivity contribution < 1.29 is 19.1 Å². The third-order valence-corrected chi connectivity index (χ3v) is 3.62. The van der Waals surface area contributed by atoms with Crippen LogP contribution in [0.3, 0.4) is 0 Å². The molecule has 1 atom stereocenters. The lowest BCUT2D eigenvalue weighted by molar-refractivity contribution is -0.139. The van der Waals surface area contributed by atoms with Crippen molar-refractivity contribution in [2.75, 3.05) is 13.2 Å². The molecule has 2 rings (SSSR count). The van der Waals surface area contributed by atoms with Crippen LogP contribution in [0.25, 0.3) is 0 Å². The summed E-state index contributed by atoms with van der Waals surface area (Å²) in [6.07, 6.45) is 1.60. The van der Waals surface area contributed by atoms with E-state index in [2.05, 4.69) is 10.6 Å². The van der Waals surface area contributed by atoms with Crippen LogP contribution in [0.5, 0.6) is 5.75 Å². The fraction of sp³-hybridized carbons (Fsp3) is 0.444. The lowest BCUT2D eigenvalue weighted by Gasteiger charge is -2.29. The van der Waals surface area contributed by atoms with E-state index in [4.69, 9.17) is 9.47 Å². The summed E-state index contributed by atoms with van der Waals surface area (Å²) in [4.78, 5) is 24.4. The standard InChI is InChI=1S/C18H24N2O4/c1-4-10-23-14-9-7-6-8-13(14)16-15(17(21)24-11-5-2)12(3)19-18(22)20-16/h6-9,16H,4-5,10-11H2,1-3H3,(H2,19,20,22). The molecule has 0 radical (unpaired) electrons. The van der Waals surface area contributed by atoms with Gasteiger partial charge >= 0.3 is 12.0 Å². The van der Waals surface area contributed by atoms with Crippen molar-refractivity contribution in [2.24, 2.45) is 0 Å². The smallest absolute Gasteiger partial charge is 0.338 e. The number of para-hydroxylation sites is 1. The normalized spacial score (nSPS) is 17.1. The summed E-state index contributed by atoms with van der Waals surface area (Å²) in [5.41, 5.74) is 1.63. The molecule has 130 valence electrons. The zero-order valence-corrected chi connectivity index (χ0v) is 14.3. The van der Waals surface area contributed by atoms with Gasteiger partial charge in [-0.25, -0.2) is 9.59 Å². The predicted molar refractivity (Wildman–Crippen MR) is 90.6 cm³/mol. The molecule has 1 aromatic carbocycles. The predicted octanol–water partition coefficient (Wildman–Crippen LogP) is 3.06. The number of hydrogen-bond acceptors (Lipinski definition) is 4. The van der Waals surface area contributed by atoms with Gasteiger partial charge in [-0.05, 0) is 25.8 Å². The number of hydrogen-bond donors (Lipinski definition) is 2. The Morgan fingerprint density at radius 3 is 2.58 bits per heavy atom. The molecular weight excluding hydrogens is 308 g/mol. The summed E-state index contributed by atoms with van der Waals surface area (Å²) >= 11 is 0. The van der Waals surface area contributed by atoms with Gasteiger partial charge in [-0.3, -0.25) is 0 Å². The number of urea groups is 1. The van der Waals surface area contributed by atoms with E-state index in [1.165, 1.54) is 0 Å². The fourth-order valence-electron chi connectivity index (χ4n) is 2.53. The van der Waals surface area contributed by atoms with Crippen LogP contribution in [0, 0.1) is 0 Å². The van der Waals surface area contributed by atoms with Crippen molar-refractivity contribution >= 4 is 12.0 Å².